The number of aryl methyl sites for hydroxylation is 1. The Balaban J connectivity index is 2.76. The quantitative estimate of drug-likeness (QED) is 0.852. The maximum Gasteiger partial charge on any atom is 0.294 e. The molecule has 2 aromatic carbocycles. The fourth-order valence-corrected chi connectivity index (χ4v) is 2.55. The maximum atomic E-state index is 11.2. The van der Waals surface area contributed by atoms with E-state index < -0.39 is 10.1 Å². The van der Waals surface area contributed by atoms with E-state index in [2.05, 4.69) is 0 Å². The molecule has 0 spiro atoms. The first-order valence-corrected chi connectivity index (χ1v) is 6.95. The largest absolute Gasteiger partial charge is 0.294 e. The van der Waals surface area contributed by atoms with Crippen molar-refractivity contribution in [2.24, 2.45) is 0 Å². The first-order valence-electron chi connectivity index (χ1n) is 5.51. The van der Waals surface area contributed by atoms with Crippen molar-refractivity contribution in [3.8, 4) is 0 Å². The van der Waals surface area contributed by atoms with Gasteiger partial charge in [-0.05, 0) is 34.9 Å². The summed E-state index contributed by atoms with van der Waals surface area (Å²) in [4.78, 5) is -0.0281. The zero-order valence-corrected chi connectivity index (χ0v) is 10.4. The van der Waals surface area contributed by atoms with E-state index >= 15 is 0 Å². The molecule has 17 heavy (non-hydrogen) atoms. The van der Waals surface area contributed by atoms with Crippen molar-refractivity contribution in [3.05, 3.63) is 42.0 Å². The minimum Gasteiger partial charge on any atom is -0.282 e. The highest BCUT2D eigenvalue weighted by Crippen LogP contribution is 2.24. The zero-order valence-electron chi connectivity index (χ0n) is 9.55. The first-order chi connectivity index (χ1) is 8.02. The van der Waals surface area contributed by atoms with Crippen molar-refractivity contribution in [3.63, 3.8) is 0 Å². The van der Waals surface area contributed by atoms with E-state index in [0.717, 1.165) is 29.2 Å². The minimum atomic E-state index is -4.14. The van der Waals surface area contributed by atoms with Crippen molar-refractivity contribution >= 4 is 20.9 Å². The van der Waals surface area contributed by atoms with Crippen LogP contribution < -0.4 is 0 Å². The van der Waals surface area contributed by atoms with E-state index in [-0.39, 0.29) is 4.90 Å². The lowest BCUT2D eigenvalue weighted by atomic mass is 10.0. The third kappa shape index (κ3) is 2.48. The summed E-state index contributed by atoms with van der Waals surface area (Å²) >= 11 is 0. The Labute approximate surface area is 101 Å². The molecule has 4 heteroatoms. The van der Waals surface area contributed by atoms with Crippen LogP contribution in [0.5, 0.6) is 0 Å². The zero-order chi connectivity index (χ0) is 12.5. The standard InChI is InChI=1S/C13H14O3S/c1-2-5-10-8-12(17(14,15)16)9-11-6-3-4-7-13(10)11/h3-4,6-9H,2,5H2,1H3,(H,14,15,16). The van der Waals surface area contributed by atoms with Crippen molar-refractivity contribution < 1.29 is 13.0 Å². The molecule has 0 aliphatic carbocycles. The van der Waals surface area contributed by atoms with Gasteiger partial charge in [-0.25, -0.2) is 0 Å². The fourth-order valence-electron chi connectivity index (χ4n) is 1.98. The van der Waals surface area contributed by atoms with Crippen LogP contribution in [-0.2, 0) is 16.5 Å². The van der Waals surface area contributed by atoms with Gasteiger partial charge in [0.15, 0.2) is 0 Å². The predicted octanol–water partition coefficient (Wildman–Crippen LogP) is 3.04. The molecule has 0 aromatic heterocycles. The molecule has 0 atom stereocenters. The normalized spacial score (nSPS) is 11.9. The Kier molecular flexibility index (Phi) is 3.17. The molecule has 1 N–H and O–H groups in total. The number of rotatable bonds is 3. The molecule has 0 unspecified atom stereocenters. The average molecular weight is 250 g/mol. The van der Waals surface area contributed by atoms with Gasteiger partial charge < -0.3 is 0 Å². The van der Waals surface area contributed by atoms with Crippen LogP contribution in [0.15, 0.2) is 41.3 Å². The van der Waals surface area contributed by atoms with Crippen LogP contribution in [0, 0.1) is 0 Å². The molecule has 0 aliphatic rings. The average Bonchev–Trinajstić information content (AvgIpc) is 2.28. The number of hydrogen-bond donors (Lipinski definition) is 1. The fraction of sp³-hybridized carbons (Fsp3) is 0.231. The maximum absolute atomic E-state index is 11.2. The summed E-state index contributed by atoms with van der Waals surface area (Å²) in [5.41, 5.74) is 0.957. The molecule has 90 valence electrons. The molecule has 0 aliphatic heterocycles. The Hall–Kier alpha value is -1.39. The highest BCUT2D eigenvalue weighted by atomic mass is 32.2. The molecule has 2 aromatic rings. The van der Waals surface area contributed by atoms with Crippen molar-refractivity contribution in [2.75, 3.05) is 0 Å². The molecule has 0 saturated carbocycles. The molecule has 0 heterocycles. The molecule has 0 amide bonds. The monoisotopic (exact) mass is 250 g/mol. The van der Waals surface area contributed by atoms with Gasteiger partial charge in [-0.3, -0.25) is 4.55 Å². The Morgan fingerprint density at radius 1 is 1.18 bits per heavy atom. The SMILES string of the molecule is CCCc1cc(S(=O)(=O)O)cc2ccccc12. The lowest BCUT2D eigenvalue weighted by Gasteiger charge is -2.08. The van der Waals surface area contributed by atoms with E-state index in [4.69, 9.17) is 4.55 Å². The number of fused-ring (bicyclic) bond motifs is 1. The molecule has 0 fully saturated rings. The van der Waals surface area contributed by atoms with Crippen LogP contribution in [0.4, 0.5) is 0 Å². The van der Waals surface area contributed by atoms with Gasteiger partial charge >= 0.3 is 0 Å². The van der Waals surface area contributed by atoms with Gasteiger partial charge in [0.1, 0.15) is 0 Å². The lowest BCUT2D eigenvalue weighted by molar-refractivity contribution is 0.483. The lowest BCUT2D eigenvalue weighted by Crippen LogP contribution is -2.00. The first kappa shape index (κ1) is 12.1. The number of hydrogen-bond acceptors (Lipinski definition) is 2. The van der Waals surface area contributed by atoms with Crippen LogP contribution in [0.2, 0.25) is 0 Å². The Bertz CT molecular complexity index is 645. The van der Waals surface area contributed by atoms with Crippen LogP contribution >= 0.6 is 0 Å². The molecule has 2 rings (SSSR count). The Morgan fingerprint density at radius 3 is 2.53 bits per heavy atom. The molecule has 0 radical (unpaired) electrons. The second-order valence-corrected chi connectivity index (χ2v) is 5.45. The van der Waals surface area contributed by atoms with E-state index in [9.17, 15) is 8.42 Å². The van der Waals surface area contributed by atoms with Gasteiger partial charge in [0.2, 0.25) is 0 Å². The van der Waals surface area contributed by atoms with E-state index in [1.54, 1.807) is 6.07 Å². The summed E-state index contributed by atoms with van der Waals surface area (Å²) in [6.07, 6.45) is 1.72. The smallest absolute Gasteiger partial charge is 0.282 e. The Morgan fingerprint density at radius 2 is 1.88 bits per heavy atom. The van der Waals surface area contributed by atoms with Crippen LogP contribution in [0.25, 0.3) is 10.8 Å². The highest BCUT2D eigenvalue weighted by molar-refractivity contribution is 7.85. The van der Waals surface area contributed by atoms with Crippen LogP contribution in [-0.4, -0.2) is 13.0 Å². The van der Waals surface area contributed by atoms with Gasteiger partial charge in [-0.1, -0.05) is 37.6 Å². The van der Waals surface area contributed by atoms with E-state index in [1.807, 2.05) is 31.2 Å². The third-order valence-electron chi connectivity index (χ3n) is 2.74. The summed E-state index contributed by atoms with van der Waals surface area (Å²) in [5.74, 6) is 0. The predicted molar refractivity (Wildman–Crippen MR) is 67.8 cm³/mol. The summed E-state index contributed by atoms with van der Waals surface area (Å²) in [6, 6.07) is 10.7. The topological polar surface area (TPSA) is 54.4 Å². The molecule has 0 saturated heterocycles. The van der Waals surface area contributed by atoms with E-state index in [0.29, 0.717) is 0 Å². The minimum absolute atomic E-state index is 0.0281. The molecule has 3 nitrogen and oxygen atoms in total. The summed E-state index contributed by atoms with van der Waals surface area (Å²) < 4.78 is 31.5. The second-order valence-electron chi connectivity index (χ2n) is 4.03. The number of benzene rings is 2. The van der Waals surface area contributed by atoms with Gasteiger partial charge in [0, 0.05) is 0 Å². The molecular formula is C13H14O3S. The summed E-state index contributed by atoms with van der Waals surface area (Å²) in [5, 5.41) is 1.88. The highest BCUT2D eigenvalue weighted by Gasteiger charge is 2.12. The van der Waals surface area contributed by atoms with Gasteiger partial charge in [0.25, 0.3) is 10.1 Å². The third-order valence-corrected chi connectivity index (χ3v) is 3.57. The van der Waals surface area contributed by atoms with E-state index in [1.165, 1.54) is 6.07 Å². The van der Waals surface area contributed by atoms with Gasteiger partial charge in [-0.2, -0.15) is 8.42 Å². The van der Waals surface area contributed by atoms with Crippen LogP contribution in [0.1, 0.15) is 18.9 Å². The van der Waals surface area contributed by atoms with Crippen molar-refractivity contribution in [2.45, 2.75) is 24.7 Å². The van der Waals surface area contributed by atoms with Gasteiger partial charge in [-0.15, -0.1) is 0 Å². The molecular weight excluding hydrogens is 236 g/mol. The van der Waals surface area contributed by atoms with Gasteiger partial charge in [0.05, 0.1) is 4.90 Å². The summed E-state index contributed by atoms with van der Waals surface area (Å²) in [7, 11) is -4.14. The molecule has 0 bridgehead atoms. The van der Waals surface area contributed by atoms with Crippen LogP contribution in [0.3, 0.4) is 0 Å². The second kappa shape index (κ2) is 4.47. The van der Waals surface area contributed by atoms with Crippen molar-refractivity contribution in [1.82, 2.24) is 0 Å². The summed E-state index contributed by atoms with van der Waals surface area (Å²) in [6.45, 7) is 2.04. The van der Waals surface area contributed by atoms with Crippen molar-refractivity contribution in [1.29, 1.82) is 0 Å².